The Labute approximate surface area is 105 Å². The molecule has 0 spiro atoms. The number of aryl methyl sites for hydroxylation is 1. The van der Waals surface area contributed by atoms with Crippen LogP contribution in [0.15, 0.2) is 36.5 Å². The Bertz CT molecular complexity index is 530. The van der Waals surface area contributed by atoms with Crippen LogP contribution in [0.2, 0.25) is 0 Å². The van der Waals surface area contributed by atoms with Gasteiger partial charge in [0.05, 0.1) is 11.7 Å². The number of halogens is 1. The fourth-order valence-electron chi connectivity index (χ4n) is 1.82. The largest absolute Gasteiger partial charge is 0.271 e. The van der Waals surface area contributed by atoms with Crippen molar-refractivity contribution in [1.29, 1.82) is 0 Å². The topological polar surface area (TPSA) is 63.8 Å². The fraction of sp³-hybridized carbons (Fsp3) is 0.231. The summed E-state index contributed by atoms with van der Waals surface area (Å²) >= 11 is 0. The molecule has 0 bridgehead atoms. The van der Waals surface area contributed by atoms with Gasteiger partial charge in [-0.15, -0.1) is 0 Å². The van der Waals surface area contributed by atoms with Gasteiger partial charge in [-0.25, -0.2) is 14.4 Å². The molecule has 0 aliphatic rings. The van der Waals surface area contributed by atoms with Crippen LogP contribution >= 0.6 is 0 Å². The van der Waals surface area contributed by atoms with Gasteiger partial charge in [-0.2, -0.15) is 0 Å². The Morgan fingerprint density at radius 3 is 2.89 bits per heavy atom. The molecule has 1 aromatic carbocycles. The van der Waals surface area contributed by atoms with E-state index in [0.717, 1.165) is 11.3 Å². The highest BCUT2D eigenvalue weighted by Gasteiger charge is 2.12. The van der Waals surface area contributed by atoms with E-state index >= 15 is 0 Å². The lowest BCUT2D eigenvalue weighted by molar-refractivity contribution is 0.533. The third-order valence-electron chi connectivity index (χ3n) is 2.68. The van der Waals surface area contributed by atoms with Crippen LogP contribution < -0.4 is 11.3 Å². The molecule has 3 N–H and O–H groups in total. The monoisotopic (exact) mass is 246 g/mol. The number of nitrogens with two attached hydrogens (primary N) is 1. The lowest BCUT2D eigenvalue weighted by Crippen LogP contribution is -2.30. The van der Waals surface area contributed by atoms with Crippen LogP contribution in [0.25, 0.3) is 0 Å². The van der Waals surface area contributed by atoms with Crippen LogP contribution in [0.4, 0.5) is 4.39 Å². The summed E-state index contributed by atoms with van der Waals surface area (Å²) in [5.74, 6) is 5.98. The molecule has 18 heavy (non-hydrogen) atoms. The quantitative estimate of drug-likeness (QED) is 0.636. The predicted octanol–water partition coefficient (Wildman–Crippen LogP) is 1.67. The molecule has 1 heterocycles. The van der Waals surface area contributed by atoms with E-state index in [1.54, 1.807) is 18.3 Å². The molecule has 2 rings (SSSR count). The molecule has 0 amide bonds. The Balaban J connectivity index is 2.19. The van der Waals surface area contributed by atoms with E-state index in [-0.39, 0.29) is 11.9 Å². The summed E-state index contributed by atoms with van der Waals surface area (Å²) in [7, 11) is 0. The number of benzene rings is 1. The Morgan fingerprint density at radius 2 is 2.22 bits per heavy atom. The molecule has 0 fully saturated rings. The summed E-state index contributed by atoms with van der Waals surface area (Å²) in [5, 5.41) is 0. The minimum atomic E-state index is -0.248. The number of hydrazine groups is 1. The van der Waals surface area contributed by atoms with Gasteiger partial charge in [-0.05, 0) is 37.1 Å². The van der Waals surface area contributed by atoms with Crippen molar-refractivity contribution in [3.8, 4) is 0 Å². The highest BCUT2D eigenvalue weighted by Crippen LogP contribution is 2.16. The zero-order valence-electron chi connectivity index (χ0n) is 10.1. The van der Waals surface area contributed by atoms with Crippen molar-refractivity contribution in [3.05, 3.63) is 59.4 Å². The molecular formula is C13H15FN4. The smallest absolute Gasteiger partial charge is 0.125 e. The number of aromatic nitrogens is 2. The van der Waals surface area contributed by atoms with Gasteiger partial charge in [-0.3, -0.25) is 11.3 Å². The van der Waals surface area contributed by atoms with Crippen LogP contribution in [0.1, 0.15) is 23.1 Å². The first kappa shape index (κ1) is 12.6. The molecule has 2 aromatic rings. The van der Waals surface area contributed by atoms with Gasteiger partial charge >= 0.3 is 0 Å². The normalized spacial score (nSPS) is 12.4. The summed E-state index contributed by atoms with van der Waals surface area (Å²) in [6.07, 6.45) is 2.26. The predicted molar refractivity (Wildman–Crippen MR) is 66.9 cm³/mol. The average molecular weight is 246 g/mol. The highest BCUT2D eigenvalue weighted by atomic mass is 19.1. The zero-order chi connectivity index (χ0) is 13.0. The summed E-state index contributed by atoms with van der Waals surface area (Å²) < 4.78 is 13.1. The molecule has 0 aliphatic carbocycles. The van der Waals surface area contributed by atoms with Crippen molar-refractivity contribution in [3.63, 3.8) is 0 Å². The molecule has 0 saturated heterocycles. The van der Waals surface area contributed by atoms with Crippen molar-refractivity contribution in [2.75, 3.05) is 0 Å². The Kier molecular flexibility index (Phi) is 3.96. The van der Waals surface area contributed by atoms with Crippen molar-refractivity contribution >= 4 is 0 Å². The van der Waals surface area contributed by atoms with Gasteiger partial charge in [0.25, 0.3) is 0 Å². The van der Waals surface area contributed by atoms with Crippen molar-refractivity contribution in [2.24, 2.45) is 5.84 Å². The van der Waals surface area contributed by atoms with Crippen molar-refractivity contribution in [2.45, 2.75) is 19.4 Å². The van der Waals surface area contributed by atoms with E-state index in [9.17, 15) is 4.39 Å². The first-order valence-electron chi connectivity index (χ1n) is 5.69. The Morgan fingerprint density at radius 1 is 1.39 bits per heavy atom. The van der Waals surface area contributed by atoms with E-state index in [1.807, 2.05) is 13.0 Å². The standard InChI is InChI=1S/C13H15FN4/c1-9-16-6-5-12(17-9)13(18-15)8-10-3-2-4-11(14)7-10/h2-7,13,18H,8,15H2,1H3. The SMILES string of the molecule is Cc1nccc(C(Cc2cccc(F)c2)NN)n1. The van der Waals surface area contributed by atoms with Crippen LogP contribution in [0.5, 0.6) is 0 Å². The second-order valence-corrected chi connectivity index (χ2v) is 4.08. The summed E-state index contributed by atoms with van der Waals surface area (Å²) in [5.41, 5.74) is 4.37. The van der Waals surface area contributed by atoms with E-state index in [2.05, 4.69) is 15.4 Å². The molecule has 0 saturated carbocycles. The van der Waals surface area contributed by atoms with Crippen LogP contribution in [0.3, 0.4) is 0 Å². The highest BCUT2D eigenvalue weighted by molar-refractivity contribution is 5.20. The molecule has 0 aliphatic heterocycles. The number of rotatable bonds is 4. The molecular weight excluding hydrogens is 231 g/mol. The maximum atomic E-state index is 13.1. The number of hydrogen-bond donors (Lipinski definition) is 2. The van der Waals surface area contributed by atoms with E-state index in [4.69, 9.17) is 5.84 Å². The minimum absolute atomic E-state index is 0.159. The van der Waals surface area contributed by atoms with Gasteiger partial charge in [0, 0.05) is 6.20 Å². The molecule has 94 valence electrons. The maximum Gasteiger partial charge on any atom is 0.125 e. The first-order valence-corrected chi connectivity index (χ1v) is 5.69. The molecule has 4 nitrogen and oxygen atoms in total. The average Bonchev–Trinajstić information content (AvgIpc) is 2.36. The third kappa shape index (κ3) is 3.09. The van der Waals surface area contributed by atoms with Gasteiger partial charge in [0.1, 0.15) is 11.6 Å². The summed E-state index contributed by atoms with van der Waals surface area (Å²) in [6, 6.07) is 8.11. The molecule has 5 heteroatoms. The van der Waals surface area contributed by atoms with E-state index in [1.165, 1.54) is 12.1 Å². The molecule has 0 radical (unpaired) electrons. The van der Waals surface area contributed by atoms with Crippen molar-refractivity contribution < 1.29 is 4.39 Å². The molecule has 1 aromatic heterocycles. The van der Waals surface area contributed by atoms with Gasteiger partial charge in [0.2, 0.25) is 0 Å². The second kappa shape index (κ2) is 5.66. The fourth-order valence-corrected chi connectivity index (χ4v) is 1.82. The summed E-state index contributed by atoms with van der Waals surface area (Å²) in [6.45, 7) is 1.82. The van der Waals surface area contributed by atoms with Crippen LogP contribution in [-0.4, -0.2) is 9.97 Å². The second-order valence-electron chi connectivity index (χ2n) is 4.08. The van der Waals surface area contributed by atoms with Gasteiger partial charge in [0.15, 0.2) is 0 Å². The zero-order valence-corrected chi connectivity index (χ0v) is 10.1. The first-order chi connectivity index (χ1) is 8.69. The van der Waals surface area contributed by atoms with Crippen LogP contribution in [0, 0.1) is 12.7 Å². The van der Waals surface area contributed by atoms with Crippen molar-refractivity contribution in [1.82, 2.24) is 15.4 Å². The number of nitrogens with zero attached hydrogens (tertiary/aromatic N) is 2. The third-order valence-corrected chi connectivity index (χ3v) is 2.68. The Hall–Kier alpha value is -1.85. The van der Waals surface area contributed by atoms with Crippen LogP contribution in [-0.2, 0) is 6.42 Å². The summed E-state index contributed by atoms with van der Waals surface area (Å²) in [4.78, 5) is 8.35. The number of hydrogen-bond acceptors (Lipinski definition) is 4. The van der Waals surface area contributed by atoms with Gasteiger partial charge in [-0.1, -0.05) is 12.1 Å². The molecule has 1 unspecified atom stereocenters. The lowest BCUT2D eigenvalue weighted by Gasteiger charge is -2.15. The minimum Gasteiger partial charge on any atom is -0.271 e. The number of nitrogens with one attached hydrogen (secondary N) is 1. The molecule has 1 atom stereocenters. The lowest BCUT2D eigenvalue weighted by atomic mass is 10.0. The van der Waals surface area contributed by atoms with Gasteiger partial charge < -0.3 is 0 Å². The van der Waals surface area contributed by atoms with E-state index < -0.39 is 0 Å². The van der Waals surface area contributed by atoms with E-state index in [0.29, 0.717) is 12.2 Å². The maximum absolute atomic E-state index is 13.1.